The number of anilines is 2. The molecule has 2 amide bonds. The van der Waals surface area contributed by atoms with Gasteiger partial charge in [0.15, 0.2) is 11.4 Å². The molecule has 0 bridgehead atoms. The zero-order valence-corrected chi connectivity index (χ0v) is 75.1. The number of carbonyl (C=O) groups is 4. The Kier molecular flexibility index (Phi) is 31.4. The molecule has 4 atom stereocenters. The number of alkyl halides is 1. The van der Waals surface area contributed by atoms with Crippen LogP contribution in [0.15, 0.2) is 167 Å². The molecule has 1 saturated heterocycles. The van der Waals surface area contributed by atoms with Gasteiger partial charge >= 0.3 is 11.9 Å². The Hall–Kier alpha value is -5.69. The molecular formula is C79H93FI4N5O18S4-. The molecule has 5 heterocycles. The van der Waals surface area contributed by atoms with Crippen LogP contribution in [0.5, 0.6) is 0 Å². The van der Waals surface area contributed by atoms with Gasteiger partial charge in [-0.2, -0.15) is 17.6 Å². The Bertz CT molecular complexity index is 5100. The maximum absolute atomic E-state index is 14.1. The highest BCUT2D eigenvalue weighted by molar-refractivity contribution is 14.1. The van der Waals surface area contributed by atoms with E-state index in [0.29, 0.717) is 77.5 Å². The lowest BCUT2D eigenvalue weighted by Gasteiger charge is -2.34. The second-order valence-electron chi connectivity index (χ2n) is 28.8. The van der Waals surface area contributed by atoms with Gasteiger partial charge in [-0.15, -0.1) is 5.06 Å². The summed E-state index contributed by atoms with van der Waals surface area (Å²) < 4.78 is 164. The third-order valence-corrected chi connectivity index (χ3v) is 26.7. The highest BCUT2D eigenvalue weighted by Gasteiger charge is 2.51. The number of benzene rings is 4. The van der Waals surface area contributed by atoms with Crippen LogP contribution < -0.4 is 9.80 Å². The molecule has 0 aromatic heterocycles. The van der Waals surface area contributed by atoms with Crippen LogP contribution in [0.2, 0.25) is 0 Å². The molecule has 1 fully saturated rings. The van der Waals surface area contributed by atoms with Crippen molar-refractivity contribution in [1.29, 1.82) is 0 Å². The Balaban J connectivity index is 0.000000303. The minimum Gasteiger partial charge on any atom is -0.748 e. The molecule has 5 aliphatic rings. The lowest BCUT2D eigenvalue weighted by Crippen LogP contribution is -2.46. The molecule has 4 aromatic carbocycles. The number of carboxylic acid groups (broad SMARTS) is 1. The van der Waals surface area contributed by atoms with Crippen molar-refractivity contribution in [2.75, 3.05) is 42.6 Å². The van der Waals surface area contributed by atoms with Gasteiger partial charge in [0.1, 0.15) is 46.4 Å². The van der Waals surface area contributed by atoms with Gasteiger partial charge in [0, 0.05) is 90.8 Å². The molecule has 0 spiro atoms. The highest BCUT2D eigenvalue weighted by Crippen LogP contribution is 2.55. The molecule has 4 unspecified atom stereocenters. The summed E-state index contributed by atoms with van der Waals surface area (Å²) in [6.07, 6.45) is 30.4. The zero-order valence-electron chi connectivity index (χ0n) is 64.2. The van der Waals surface area contributed by atoms with Crippen LogP contribution >= 0.6 is 90.4 Å². The lowest BCUT2D eigenvalue weighted by molar-refractivity contribution is -0.401. The first kappa shape index (κ1) is 90.8. The molecule has 0 aliphatic carbocycles. The molecule has 2 N–H and O–H groups in total. The predicted octanol–water partition coefficient (Wildman–Crippen LogP) is 15.4. The SMILES string of the molecule is CCCCC(C(=O)O)N1\C(=C/C=C/C=C/C=C/C2=[N+](C)c3cc(I)cc(I)c3C2(C)C)C(C)(CCCCS(=O)(=O)O)c2cc(S(=O)(=O)[O-])ccc21.CCCCC(C(=O)ON1C(=O)CCC1=O)N1\C(=C/C=C/C=C/C=C/C2=[N+](C)c3cc(I)cc(I)c3C2(C)C)C(C)(CCCCS(=O)(=O)[O-])c2cc(S(=O)(=O)[O-])ccc21.[2H]CF. The number of imide groups is 1. The summed E-state index contributed by atoms with van der Waals surface area (Å²) in [5, 5.41) is 10.9. The van der Waals surface area contributed by atoms with E-state index in [0.717, 1.165) is 33.2 Å². The van der Waals surface area contributed by atoms with Crippen LogP contribution in [0, 0.1) is 14.3 Å². The number of aliphatic carboxylic acids is 1. The number of carbonyl (C=O) groups excluding carboxylic acids is 3. The Morgan fingerprint density at radius 1 is 0.586 bits per heavy atom. The van der Waals surface area contributed by atoms with Crippen LogP contribution in [0.25, 0.3) is 0 Å². The third kappa shape index (κ3) is 21.9. The van der Waals surface area contributed by atoms with Crippen molar-refractivity contribution in [2.24, 2.45) is 0 Å². The summed E-state index contributed by atoms with van der Waals surface area (Å²) >= 11 is 9.45. The molecule has 0 radical (unpaired) electrons. The van der Waals surface area contributed by atoms with E-state index in [4.69, 9.17) is 6.21 Å². The fourth-order valence-electron chi connectivity index (χ4n) is 15.1. The molecule has 602 valence electrons. The number of hydrogen-bond donors (Lipinski definition) is 2. The third-order valence-electron chi connectivity index (χ3n) is 20.5. The van der Waals surface area contributed by atoms with Gasteiger partial charge in [0.2, 0.25) is 11.4 Å². The summed E-state index contributed by atoms with van der Waals surface area (Å²) in [6, 6.07) is 14.5. The zero-order chi connectivity index (χ0) is 83.4. The summed E-state index contributed by atoms with van der Waals surface area (Å²) in [7, 11) is -15.3. The van der Waals surface area contributed by atoms with E-state index < -0.39 is 116 Å². The standard InChI is InChI=1S/C41H47I2N3O10S2.C37H44I2N2O8S2.CH3F/c1-6-7-15-32(39(49)56-46-36(47)20-21-37(46)48)45-31-19-18-28(58(53,54)55)26-29(31)41(4,22-13-14-23-57(50,51)52)35(45)17-12-10-8-9-11-16-34-40(2,3)38-30(43)24-27(42)25-33(38)44(34)5;1-6-7-15-30(35(42)43)41-29-19-18-26(51(47,48)49)24-27(29)37(4,20-13-14-21-50(44,45)46)33(41)17-12-10-8-9-11-16-32-36(2,3)34-28(39)22-25(38)23-31(34)40(32)5;1-2/h8-12,16-19,24-26,32H,6-7,13-15,20-23H2,1-5H3,(H-,50,51,52,53,54,55);8-12,16-19,22-24,30H,6-7,13-15,20-21H2,1-5H3,(H2-,42,43,44,45,46,47,48,49);1H3/p-1/i;;1D. The number of allylic oxidation sites excluding steroid dienone is 16. The summed E-state index contributed by atoms with van der Waals surface area (Å²) in [6.45, 7) is 16.4. The number of rotatable bonds is 31. The van der Waals surface area contributed by atoms with E-state index >= 15 is 0 Å². The molecule has 5 aliphatic heterocycles. The van der Waals surface area contributed by atoms with Crippen LogP contribution in [-0.4, -0.2) is 151 Å². The average molecular weight is 2060 g/mol. The largest absolute Gasteiger partial charge is 0.748 e. The number of hydrogen-bond acceptors (Lipinski definition) is 18. The molecule has 4 aromatic rings. The monoisotopic (exact) mass is 2060 g/mol. The van der Waals surface area contributed by atoms with Crippen LogP contribution in [0.1, 0.15) is 169 Å². The number of unbranched alkanes of at least 4 members (excludes halogenated alkanes) is 4. The van der Waals surface area contributed by atoms with E-state index in [9.17, 15) is 80.6 Å². The minimum absolute atomic E-state index is 0.0173. The van der Waals surface area contributed by atoms with Gasteiger partial charge in [-0.05, 0) is 242 Å². The van der Waals surface area contributed by atoms with Crippen molar-refractivity contribution in [1.82, 2.24) is 5.06 Å². The first-order valence-electron chi connectivity index (χ1n) is 36.5. The van der Waals surface area contributed by atoms with E-state index in [-0.39, 0.29) is 55.8 Å². The van der Waals surface area contributed by atoms with Crippen LogP contribution in [-0.2, 0) is 86.1 Å². The topological polar surface area (TPSA) is 339 Å². The summed E-state index contributed by atoms with van der Waals surface area (Å²) in [4.78, 5) is 59.7. The Morgan fingerprint density at radius 3 is 1.34 bits per heavy atom. The van der Waals surface area contributed by atoms with Gasteiger partial charge in [-0.25, -0.2) is 34.8 Å². The molecule has 0 saturated carbocycles. The fourth-order valence-corrected chi connectivity index (χ4v) is 22.2. The van der Waals surface area contributed by atoms with E-state index in [1.54, 1.807) is 47.1 Å². The number of halogens is 5. The maximum Gasteiger partial charge on any atom is 0.355 e. The quantitative estimate of drug-likeness (QED) is 0.0118. The number of hydroxylamine groups is 2. The van der Waals surface area contributed by atoms with Crippen LogP contribution in [0.3, 0.4) is 0 Å². The molecule has 32 heteroatoms. The Morgan fingerprint density at radius 2 is 0.964 bits per heavy atom. The average Bonchev–Trinajstić information content (AvgIpc) is 1.56. The van der Waals surface area contributed by atoms with Crippen molar-refractivity contribution in [2.45, 2.75) is 189 Å². The number of amides is 2. The van der Waals surface area contributed by atoms with Crippen LogP contribution in [0.4, 0.5) is 27.1 Å². The van der Waals surface area contributed by atoms with Gasteiger partial charge in [-0.3, -0.25) is 18.5 Å². The van der Waals surface area contributed by atoms with E-state index in [1.807, 2.05) is 63.3 Å². The molecule has 9 rings (SSSR count). The number of nitrogens with zero attached hydrogens (tertiary/aromatic N) is 5. The fraction of sp³-hybridized carbons (Fsp3) is 0.418. The van der Waals surface area contributed by atoms with Gasteiger partial charge in [0.05, 0.1) is 56.1 Å². The minimum atomic E-state index is -4.92. The number of fused-ring (bicyclic) bond motifs is 4. The van der Waals surface area contributed by atoms with Crippen molar-refractivity contribution in [3.8, 4) is 0 Å². The lowest BCUT2D eigenvalue weighted by atomic mass is 9.77. The second kappa shape index (κ2) is 38.4. The maximum atomic E-state index is 14.1. The van der Waals surface area contributed by atoms with E-state index in [1.165, 1.54) is 57.9 Å². The summed E-state index contributed by atoms with van der Waals surface area (Å²) in [5.74, 6) is -4.27. The normalized spacial score (nSPS) is 20.4. The molecular weight excluding hydrogens is 1960 g/mol. The van der Waals surface area contributed by atoms with Crippen molar-refractivity contribution in [3.63, 3.8) is 0 Å². The van der Waals surface area contributed by atoms with Gasteiger partial charge < -0.3 is 33.4 Å². The first-order chi connectivity index (χ1) is 52.3. The van der Waals surface area contributed by atoms with Gasteiger partial charge in [-0.1, -0.05) is 113 Å². The van der Waals surface area contributed by atoms with Crippen molar-refractivity contribution >= 4 is 189 Å². The predicted molar refractivity (Wildman–Crippen MR) is 458 cm³/mol. The summed E-state index contributed by atoms with van der Waals surface area (Å²) in [5.41, 5.74) is 7.50. The van der Waals surface area contributed by atoms with Gasteiger partial charge in [0.25, 0.3) is 21.9 Å². The molecule has 111 heavy (non-hydrogen) atoms. The van der Waals surface area contributed by atoms with Crippen molar-refractivity contribution < 1.29 is 95.9 Å². The smallest absolute Gasteiger partial charge is 0.355 e. The molecule has 23 nitrogen and oxygen atoms in total. The Labute approximate surface area is 707 Å². The first-order valence-corrected chi connectivity index (χ1v) is 46.1. The number of carboxylic acids is 1. The van der Waals surface area contributed by atoms with Crippen molar-refractivity contribution in [3.05, 3.63) is 194 Å². The second-order valence-corrected chi connectivity index (χ2v) is 39.5. The van der Waals surface area contributed by atoms with E-state index in [2.05, 4.69) is 178 Å². The highest BCUT2D eigenvalue weighted by atomic mass is 127.